The first-order chi connectivity index (χ1) is 10.1. The summed E-state index contributed by atoms with van der Waals surface area (Å²) >= 11 is 0. The van der Waals surface area contributed by atoms with Crippen LogP contribution in [0.15, 0.2) is 18.2 Å². The largest absolute Gasteiger partial charge is 0.444 e. The lowest BCUT2D eigenvalue weighted by Crippen LogP contribution is -2.52. The number of alkyl carbamates (subject to hydrolysis) is 1. The van der Waals surface area contributed by atoms with Crippen molar-refractivity contribution in [2.75, 3.05) is 11.9 Å². The second kappa shape index (κ2) is 5.02. The van der Waals surface area contributed by atoms with Crippen LogP contribution in [0.3, 0.4) is 0 Å². The zero-order valence-electron chi connectivity index (χ0n) is 13.4. The smallest absolute Gasteiger partial charge is 0.409 e. The summed E-state index contributed by atoms with van der Waals surface area (Å²) in [5.41, 5.74) is -0.503. The molecule has 6 heteroatoms. The highest BCUT2D eigenvalue weighted by atomic mass is 16.6. The van der Waals surface area contributed by atoms with Crippen molar-refractivity contribution in [1.29, 1.82) is 5.26 Å². The number of nitrogens with one attached hydrogen (secondary N) is 1. The summed E-state index contributed by atoms with van der Waals surface area (Å²) < 4.78 is 5.18. The van der Waals surface area contributed by atoms with Gasteiger partial charge >= 0.3 is 6.09 Å². The molecule has 116 valence electrons. The third-order valence-corrected chi connectivity index (χ3v) is 3.46. The van der Waals surface area contributed by atoms with Crippen LogP contribution in [0.5, 0.6) is 0 Å². The predicted octanol–water partition coefficient (Wildman–Crippen LogP) is 2.21. The minimum Gasteiger partial charge on any atom is -0.444 e. The fraction of sp³-hybridized carbons (Fsp3) is 0.438. The van der Waals surface area contributed by atoms with E-state index in [-0.39, 0.29) is 0 Å². The van der Waals surface area contributed by atoms with E-state index in [1.807, 2.05) is 19.1 Å². The lowest BCUT2D eigenvalue weighted by molar-refractivity contribution is -0.122. The van der Waals surface area contributed by atoms with Crippen LogP contribution in [0.25, 0.3) is 0 Å². The van der Waals surface area contributed by atoms with Crippen molar-refractivity contribution in [3.8, 4) is 6.07 Å². The second-order valence-electron chi connectivity index (χ2n) is 6.32. The van der Waals surface area contributed by atoms with Gasteiger partial charge in [-0.25, -0.2) is 4.79 Å². The molecule has 0 aliphatic carbocycles. The van der Waals surface area contributed by atoms with Gasteiger partial charge in [0, 0.05) is 12.6 Å². The van der Waals surface area contributed by atoms with Crippen molar-refractivity contribution in [3.05, 3.63) is 29.3 Å². The van der Waals surface area contributed by atoms with Crippen LogP contribution in [0.2, 0.25) is 0 Å². The number of nitriles is 1. The highest BCUT2D eigenvalue weighted by molar-refractivity contribution is 6.11. The normalized spacial score (nSPS) is 20.4. The van der Waals surface area contributed by atoms with Gasteiger partial charge in [0.05, 0.1) is 5.69 Å². The zero-order chi connectivity index (χ0) is 16.7. The van der Waals surface area contributed by atoms with Gasteiger partial charge in [0.1, 0.15) is 11.7 Å². The molecule has 0 fully saturated rings. The van der Waals surface area contributed by atoms with E-state index < -0.39 is 23.1 Å². The van der Waals surface area contributed by atoms with Gasteiger partial charge in [-0.05, 0) is 33.3 Å². The fourth-order valence-electron chi connectivity index (χ4n) is 2.59. The number of hydrogen-bond donors (Lipinski definition) is 1. The first kappa shape index (κ1) is 15.8. The Hall–Kier alpha value is -2.55. The maximum Gasteiger partial charge on any atom is 0.409 e. The van der Waals surface area contributed by atoms with Crippen LogP contribution >= 0.6 is 0 Å². The highest BCUT2D eigenvalue weighted by Crippen LogP contribution is 2.41. The van der Waals surface area contributed by atoms with Crippen molar-refractivity contribution < 1.29 is 14.3 Å². The van der Waals surface area contributed by atoms with Gasteiger partial charge < -0.3 is 9.64 Å². The predicted molar refractivity (Wildman–Crippen MR) is 81.2 cm³/mol. The molecule has 1 N–H and O–H groups in total. The van der Waals surface area contributed by atoms with E-state index in [9.17, 15) is 14.9 Å². The molecule has 1 aliphatic heterocycles. The van der Waals surface area contributed by atoms with Gasteiger partial charge in [-0.15, -0.1) is 0 Å². The number of nitrogens with zero attached hydrogens (tertiary/aromatic N) is 2. The standard InChI is InChI=1S/C16H19N3O3/c1-10-7-6-8-11-12(10)19(5)13(20)16(11,9-17)18-14(21)22-15(2,3)4/h6-8H,1-5H3,(H,18,21)/t16-/m0/s1. The molecule has 0 saturated carbocycles. The van der Waals surface area contributed by atoms with Crippen molar-refractivity contribution in [1.82, 2.24) is 5.32 Å². The molecule has 2 amide bonds. The Morgan fingerprint density at radius 2 is 2.05 bits per heavy atom. The summed E-state index contributed by atoms with van der Waals surface area (Å²) in [5.74, 6) is -0.495. The number of carbonyl (C=O) groups excluding carboxylic acids is 2. The van der Waals surface area contributed by atoms with E-state index in [4.69, 9.17) is 4.74 Å². The molecular weight excluding hydrogens is 282 g/mol. The topological polar surface area (TPSA) is 82.4 Å². The summed E-state index contributed by atoms with van der Waals surface area (Å²) in [7, 11) is 1.59. The first-order valence-corrected chi connectivity index (χ1v) is 6.93. The maximum atomic E-state index is 12.6. The lowest BCUT2D eigenvalue weighted by atomic mass is 9.92. The summed E-state index contributed by atoms with van der Waals surface area (Å²) in [6.45, 7) is 6.99. The number of anilines is 1. The molecule has 0 aromatic heterocycles. The molecule has 6 nitrogen and oxygen atoms in total. The van der Waals surface area contributed by atoms with Gasteiger partial charge in [0.2, 0.25) is 5.54 Å². The molecular formula is C16H19N3O3. The molecule has 0 saturated heterocycles. The van der Waals surface area contributed by atoms with Crippen molar-refractivity contribution >= 4 is 17.7 Å². The third-order valence-electron chi connectivity index (χ3n) is 3.46. The van der Waals surface area contributed by atoms with Crippen LogP contribution in [-0.4, -0.2) is 24.6 Å². The first-order valence-electron chi connectivity index (χ1n) is 6.93. The van der Waals surface area contributed by atoms with Crippen LogP contribution in [-0.2, 0) is 15.1 Å². The summed E-state index contributed by atoms with van der Waals surface area (Å²) in [4.78, 5) is 26.1. The number of benzene rings is 1. The van der Waals surface area contributed by atoms with E-state index >= 15 is 0 Å². The second-order valence-corrected chi connectivity index (χ2v) is 6.32. The fourth-order valence-corrected chi connectivity index (χ4v) is 2.59. The Balaban J connectivity index is 2.48. The summed E-state index contributed by atoms with van der Waals surface area (Å²) in [5, 5.41) is 12.1. The van der Waals surface area contributed by atoms with E-state index in [0.717, 1.165) is 5.56 Å². The Labute approximate surface area is 129 Å². The number of carbonyl (C=O) groups is 2. The average Bonchev–Trinajstić information content (AvgIpc) is 2.60. The number of para-hydroxylation sites is 1. The Kier molecular flexibility index (Phi) is 3.61. The van der Waals surface area contributed by atoms with Gasteiger partial charge in [-0.1, -0.05) is 18.2 Å². The van der Waals surface area contributed by atoms with Crippen molar-refractivity contribution in [2.45, 2.75) is 38.8 Å². The van der Waals surface area contributed by atoms with E-state index in [0.29, 0.717) is 11.3 Å². The van der Waals surface area contributed by atoms with Gasteiger partial charge in [0.15, 0.2) is 0 Å². The molecule has 1 heterocycles. The highest BCUT2D eigenvalue weighted by Gasteiger charge is 2.52. The van der Waals surface area contributed by atoms with Crippen LogP contribution in [0.4, 0.5) is 10.5 Å². The zero-order valence-corrected chi connectivity index (χ0v) is 13.4. The number of hydrogen-bond acceptors (Lipinski definition) is 4. The monoisotopic (exact) mass is 301 g/mol. The van der Waals surface area contributed by atoms with Crippen LogP contribution in [0, 0.1) is 18.3 Å². The summed E-state index contributed by atoms with van der Waals surface area (Å²) in [6.07, 6.45) is -0.801. The number of likely N-dealkylation sites (N-methyl/N-ethyl adjacent to an activating group) is 1. The van der Waals surface area contributed by atoms with Crippen molar-refractivity contribution in [3.63, 3.8) is 0 Å². The third kappa shape index (κ3) is 2.39. The molecule has 1 aromatic carbocycles. The summed E-state index contributed by atoms with van der Waals surface area (Å²) in [6, 6.07) is 7.23. The minimum atomic E-state index is -1.75. The van der Waals surface area contributed by atoms with Gasteiger partial charge in [-0.3, -0.25) is 10.1 Å². The molecule has 22 heavy (non-hydrogen) atoms. The van der Waals surface area contributed by atoms with Gasteiger partial charge in [-0.2, -0.15) is 5.26 Å². The molecule has 1 aliphatic rings. The number of aryl methyl sites for hydroxylation is 1. The number of amides is 2. The Bertz CT molecular complexity index is 685. The quantitative estimate of drug-likeness (QED) is 0.862. The SMILES string of the molecule is Cc1cccc2c1N(C)C(=O)[C@@]2(C#N)NC(=O)OC(C)(C)C. The number of fused-ring (bicyclic) bond motifs is 1. The number of rotatable bonds is 1. The molecule has 0 bridgehead atoms. The van der Waals surface area contributed by atoms with Crippen LogP contribution < -0.4 is 10.2 Å². The maximum absolute atomic E-state index is 12.6. The van der Waals surface area contributed by atoms with Gasteiger partial charge in [0.25, 0.3) is 5.91 Å². The molecule has 0 unspecified atom stereocenters. The number of ether oxygens (including phenoxy) is 1. The molecule has 2 rings (SSSR count). The lowest BCUT2D eigenvalue weighted by Gasteiger charge is -2.25. The van der Waals surface area contributed by atoms with E-state index in [2.05, 4.69) is 5.32 Å². The molecule has 1 atom stereocenters. The van der Waals surface area contributed by atoms with Crippen molar-refractivity contribution in [2.24, 2.45) is 0 Å². The minimum absolute atomic E-state index is 0.466. The Morgan fingerprint density at radius 3 is 2.59 bits per heavy atom. The molecule has 0 radical (unpaired) electrons. The Morgan fingerprint density at radius 1 is 1.41 bits per heavy atom. The van der Waals surface area contributed by atoms with E-state index in [1.165, 1.54) is 4.90 Å². The van der Waals surface area contributed by atoms with Crippen LogP contribution in [0.1, 0.15) is 31.9 Å². The van der Waals surface area contributed by atoms with E-state index in [1.54, 1.807) is 40.0 Å². The average molecular weight is 301 g/mol. The molecule has 1 aromatic rings. The molecule has 0 spiro atoms.